The summed E-state index contributed by atoms with van der Waals surface area (Å²) < 4.78 is 3.03. The lowest BCUT2D eigenvalue weighted by Crippen LogP contribution is -2.19. The van der Waals surface area contributed by atoms with Crippen molar-refractivity contribution in [2.24, 2.45) is 7.05 Å². The SMILES string of the molecule is Cc1nn(C)c(CNC(C)c2cccs2)c1Br. The van der Waals surface area contributed by atoms with Gasteiger partial charge in [-0.3, -0.25) is 4.68 Å². The van der Waals surface area contributed by atoms with Crippen molar-refractivity contribution < 1.29 is 0 Å². The number of nitrogens with one attached hydrogen (secondary N) is 1. The standard InChI is InChI=1S/C12H16BrN3S/c1-8(11-5-4-6-17-11)14-7-10-12(13)9(2)15-16(10)3/h4-6,8,14H,7H2,1-3H3. The average molecular weight is 314 g/mol. The summed E-state index contributed by atoms with van der Waals surface area (Å²) in [5.41, 5.74) is 2.22. The Labute approximate surface area is 114 Å². The smallest absolute Gasteiger partial charge is 0.0739 e. The molecule has 0 amide bonds. The first kappa shape index (κ1) is 12.8. The summed E-state index contributed by atoms with van der Waals surface area (Å²) in [6.07, 6.45) is 0. The molecule has 0 radical (unpaired) electrons. The van der Waals surface area contributed by atoms with Crippen LogP contribution < -0.4 is 5.32 Å². The highest BCUT2D eigenvalue weighted by Gasteiger charge is 2.12. The molecule has 2 heterocycles. The zero-order chi connectivity index (χ0) is 12.4. The van der Waals surface area contributed by atoms with Crippen LogP contribution in [0.25, 0.3) is 0 Å². The number of hydrogen-bond acceptors (Lipinski definition) is 3. The van der Waals surface area contributed by atoms with E-state index in [0.717, 1.165) is 16.7 Å². The van der Waals surface area contributed by atoms with Gasteiger partial charge >= 0.3 is 0 Å². The molecule has 0 aliphatic heterocycles. The molecule has 0 fully saturated rings. The Balaban J connectivity index is 2.03. The lowest BCUT2D eigenvalue weighted by Gasteiger charge is -2.12. The number of aromatic nitrogens is 2. The van der Waals surface area contributed by atoms with Crippen LogP contribution in [0.1, 0.15) is 29.2 Å². The molecule has 2 aromatic heterocycles. The molecule has 0 aliphatic carbocycles. The van der Waals surface area contributed by atoms with Gasteiger partial charge in [0.05, 0.1) is 15.9 Å². The molecule has 0 spiro atoms. The fourth-order valence-electron chi connectivity index (χ4n) is 1.76. The second-order valence-corrected chi connectivity index (χ2v) is 5.86. The lowest BCUT2D eigenvalue weighted by molar-refractivity contribution is 0.553. The molecule has 0 saturated carbocycles. The number of thiophene rings is 1. The minimum atomic E-state index is 0.372. The predicted molar refractivity (Wildman–Crippen MR) is 75.2 cm³/mol. The maximum Gasteiger partial charge on any atom is 0.0739 e. The van der Waals surface area contributed by atoms with Crippen LogP contribution in [0.2, 0.25) is 0 Å². The van der Waals surface area contributed by atoms with Crippen LogP contribution in [-0.2, 0) is 13.6 Å². The molecule has 1 N–H and O–H groups in total. The van der Waals surface area contributed by atoms with E-state index < -0.39 is 0 Å². The van der Waals surface area contributed by atoms with E-state index >= 15 is 0 Å². The molecule has 2 rings (SSSR count). The normalized spacial score (nSPS) is 12.9. The Morgan fingerprint density at radius 2 is 2.35 bits per heavy atom. The van der Waals surface area contributed by atoms with E-state index in [1.807, 2.05) is 18.7 Å². The zero-order valence-corrected chi connectivity index (χ0v) is 12.6. The maximum atomic E-state index is 4.38. The van der Waals surface area contributed by atoms with Crippen molar-refractivity contribution in [3.05, 3.63) is 38.3 Å². The second-order valence-electron chi connectivity index (χ2n) is 4.09. The topological polar surface area (TPSA) is 29.9 Å². The summed E-state index contributed by atoms with van der Waals surface area (Å²) in [5.74, 6) is 0. The third-order valence-corrected chi connectivity index (χ3v) is 4.89. The van der Waals surface area contributed by atoms with Crippen LogP contribution in [0.4, 0.5) is 0 Å². The summed E-state index contributed by atoms with van der Waals surface area (Å²) in [7, 11) is 1.98. The van der Waals surface area contributed by atoms with Crippen LogP contribution >= 0.6 is 27.3 Å². The largest absolute Gasteiger partial charge is 0.304 e. The molecule has 0 bridgehead atoms. The van der Waals surface area contributed by atoms with Gasteiger partial charge in [-0.1, -0.05) is 6.07 Å². The van der Waals surface area contributed by atoms with Crippen molar-refractivity contribution in [2.45, 2.75) is 26.4 Å². The Bertz CT molecular complexity index is 490. The first-order valence-corrected chi connectivity index (χ1v) is 7.21. The average Bonchev–Trinajstić information content (AvgIpc) is 2.88. The lowest BCUT2D eigenvalue weighted by atomic mass is 10.2. The number of aryl methyl sites for hydroxylation is 2. The molecule has 17 heavy (non-hydrogen) atoms. The van der Waals surface area contributed by atoms with Crippen LogP contribution in [-0.4, -0.2) is 9.78 Å². The summed E-state index contributed by atoms with van der Waals surface area (Å²) >= 11 is 5.36. The minimum Gasteiger partial charge on any atom is -0.304 e. The van der Waals surface area contributed by atoms with Gasteiger partial charge < -0.3 is 5.32 Å². The summed E-state index contributed by atoms with van der Waals surface area (Å²) in [6, 6.07) is 4.62. The van der Waals surface area contributed by atoms with Gasteiger partial charge in [0.2, 0.25) is 0 Å². The van der Waals surface area contributed by atoms with Gasteiger partial charge in [-0.25, -0.2) is 0 Å². The van der Waals surface area contributed by atoms with Gasteiger partial charge in [0.1, 0.15) is 0 Å². The van der Waals surface area contributed by atoms with Gasteiger partial charge in [0, 0.05) is 24.5 Å². The van der Waals surface area contributed by atoms with E-state index in [9.17, 15) is 0 Å². The zero-order valence-electron chi connectivity index (χ0n) is 10.2. The summed E-state index contributed by atoms with van der Waals surface area (Å²) in [5, 5.41) is 10.0. The van der Waals surface area contributed by atoms with Crippen molar-refractivity contribution in [1.82, 2.24) is 15.1 Å². The Hall–Kier alpha value is -0.650. The van der Waals surface area contributed by atoms with E-state index in [2.05, 4.69) is 50.8 Å². The van der Waals surface area contributed by atoms with E-state index in [-0.39, 0.29) is 0 Å². The Morgan fingerprint density at radius 1 is 1.59 bits per heavy atom. The highest BCUT2D eigenvalue weighted by atomic mass is 79.9. The second kappa shape index (κ2) is 5.33. The van der Waals surface area contributed by atoms with E-state index in [4.69, 9.17) is 0 Å². The monoisotopic (exact) mass is 313 g/mol. The molecular formula is C12H16BrN3S. The van der Waals surface area contributed by atoms with Crippen molar-refractivity contribution in [3.8, 4) is 0 Å². The molecule has 5 heteroatoms. The van der Waals surface area contributed by atoms with E-state index in [1.165, 1.54) is 10.6 Å². The molecule has 0 aromatic carbocycles. The first-order valence-electron chi connectivity index (χ1n) is 5.54. The minimum absolute atomic E-state index is 0.372. The molecule has 3 nitrogen and oxygen atoms in total. The van der Waals surface area contributed by atoms with E-state index in [0.29, 0.717) is 6.04 Å². The molecule has 92 valence electrons. The molecule has 2 aromatic rings. The first-order chi connectivity index (χ1) is 8.09. The summed E-state index contributed by atoms with van der Waals surface area (Å²) in [4.78, 5) is 1.36. The van der Waals surface area contributed by atoms with Crippen molar-refractivity contribution in [3.63, 3.8) is 0 Å². The third kappa shape index (κ3) is 2.78. The predicted octanol–water partition coefficient (Wildman–Crippen LogP) is 3.40. The maximum absolute atomic E-state index is 4.38. The molecule has 0 aliphatic rings. The van der Waals surface area contributed by atoms with Gasteiger partial charge in [-0.15, -0.1) is 11.3 Å². The van der Waals surface area contributed by atoms with Gasteiger partial charge in [-0.05, 0) is 41.2 Å². The molecule has 1 atom stereocenters. The summed E-state index contributed by atoms with van der Waals surface area (Å²) in [6.45, 7) is 5.01. The molecular weight excluding hydrogens is 298 g/mol. The van der Waals surface area contributed by atoms with Crippen LogP contribution in [0.15, 0.2) is 22.0 Å². The number of rotatable bonds is 4. The van der Waals surface area contributed by atoms with E-state index in [1.54, 1.807) is 11.3 Å². The Kier molecular flexibility index (Phi) is 4.01. The fraction of sp³-hybridized carbons (Fsp3) is 0.417. The van der Waals surface area contributed by atoms with Gasteiger partial charge in [0.25, 0.3) is 0 Å². The van der Waals surface area contributed by atoms with Crippen molar-refractivity contribution >= 4 is 27.3 Å². The molecule has 0 saturated heterocycles. The number of halogens is 1. The Morgan fingerprint density at radius 3 is 2.88 bits per heavy atom. The van der Waals surface area contributed by atoms with Gasteiger partial charge in [-0.2, -0.15) is 5.10 Å². The van der Waals surface area contributed by atoms with Crippen LogP contribution in [0, 0.1) is 6.92 Å². The highest BCUT2D eigenvalue weighted by molar-refractivity contribution is 9.10. The highest BCUT2D eigenvalue weighted by Crippen LogP contribution is 2.22. The number of hydrogen-bond donors (Lipinski definition) is 1. The third-order valence-electron chi connectivity index (χ3n) is 2.81. The van der Waals surface area contributed by atoms with Gasteiger partial charge in [0.15, 0.2) is 0 Å². The quantitative estimate of drug-likeness (QED) is 0.937. The fourth-order valence-corrected chi connectivity index (χ4v) is 3.00. The molecule has 1 unspecified atom stereocenters. The van der Waals surface area contributed by atoms with Crippen molar-refractivity contribution in [2.75, 3.05) is 0 Å². The van der Waals surface area contributed by atoms with Crippen molar-refractivity contribution in [1.29, 1.82) is 0 Å². The van der Waals surface area contributed by atoms with Crippen LogP contribution in [0.3, 0.4) is 0 Å². The van der Waals surface area contributed by atoms with Crippen LogP contribution in [0.5, 0.6) is 0 Å². The number of nitrogens with zero attached hydrogens (tertiary/aromatic N) is 2.